The normalized spacial score (nSPS) is 11.4. The van der Waals surface area contributed by atoms with Gasteiger partial charge in [0.1, 0.15) is 0 Å². The first-order valence-corrected chi connectivity index (χ1v) is 6.49. The van der Waals surface area contributed by atoms with Crippen LogP contribution < -0.4 is 0 Å². The van der Waals surface area contributed by atoms with Crippen LogP contribution in [0.25, 0.3) is 0 Å². The number of hydrogen-bond donors (Lipinski definition) is 0. The summed E-state index contributed by atoms with van der Waals surface area (Å²) in [5.74, 6) is -0.524. The van der Waals surface area contributed by atoms with E-state index in [0.717, 1.165) is 0 Å². The van der Waals surface area contributed by atoms with Crippen LogP contribution in [0.1, 0.15) is 17.4 Å². The molecule has 0 aromatic carbocycles. The number of aryl methyl sites for hydroxylation is 1. The van der Waals surface area contributed by atoms with Crippen LogP contribution in [0.2, 0.25) is 0 Å². The Kier molecular flexibility index (Phi) is 3.99. The minimum absolute atomic E-state index is 0.0204. The van der Waals surface area contributed by atoms with Crippen molar-refractivity contribution in [3.05, 3.63) is 11.9 Å². The first-order valence-electron chi connectivity index (χ1n) is 4.67. The fraction of sp³-hybridized carbons (Fsp3) is 0.625. The van der Waals surface area contributed by atoms with Crippen molar-refractivity contribution in [3.8, 4) is 0 Å². The fourth-order valence-corrected chi connectivity index (χ4v) is 1.74. The molecule has 0 aliphatic carbocycles. The number of methoxy groups -OCH3 is 1. The third kappa shape index (κ3) is 3.30. The number of hydrogen-bond acceptors (Lipinski definition) is 6. The van der Waals surface area contributed by atoms with E-state index in [1.165, 1.54) is 18.0 Å². The lowest BCUT2D eigenvalue weighted by molar-refractivity contribution is 0.0594. The largest absolute Gasteiger partial charge is 0.464 e. The van der Waals surface area contributed by atoms with Gasteiger partial charge in [-0.25, -0.2) is 13.2 Å². The molecule has 0 fully saturated rings. The van der Waals surface area contributed by atoms with Gasteiger partial charge in [0.25, 0.3) is 0 Å². The van der Waals surface area contributed by atoms with Crippen LogP contribution in [0, 0.1) is 0 Å². The van der Waals surface area contributed by atoms with Crippen LogP contribution in [0.4, 0.5) is 0 Å². The van der Waals surface area contributed by atoms with E-state index in [-0.39, 0.29) is 23.7 Å². The van der Waals surface area contributed by atoms with Crippen LogP contribution >= 0.6 is 0 Å². The molecule has 0 spiro atoms. The summed E-state index contributed by atoms with van der Waals surface area (Å²) in [5, 5.41) is 7.18. The Morgan fingerprint density at radius 2 is 2.25 bits per heavy atom. The lowest BCUT2D eigenvalue weighted by Crippen LogP contribution is -2.15. The Bertz CT molecular complexity index is 465. The highest BCUT2D eigenvalue weighted by Gasteiger charge is 2.12. The van der Waals surface area contributed by atoms with Crippen LogP contribution in [-0.4, -0.2) is 48.0 Å². The molecule has 1 aromatic heterocycles. The van der Waals surface area contributed by atoms with Gasteiger partial charge in [-0.2, -0.15) is 0 Å². The zero-order chi connectivity index (χ0) is 12.2. The maximum atomic E-state index is 11.2. The maximum absolute atomic E-state index is 11.2. The van der Waals surface area contributed by atoms with Crippen molar-refractivity contribution in [2.24, 2.45) is 0 Å². The molecule has 0 N–H and O–H groups in total. The molecule has 1 aromatic rings. The number of carbonyl (C=O) groups excluding carboxylic acids is 1. The molecule has 16 heavy (non-hydrogen) atoms. The Morgan fingerprint density at radius 1 is 1.56 bits per heavy atom. The second kappa shape index (κ2) is 5.06. The van der Waals surface area contributed by atoms with Crippen molar-refractivity contribution in [1.29, 1.82) is 0 Å². The van der Waals surface area contributed by atoms with Crippen LogP contribution in [0.5, 0.6) is 0 Å². The monoisotopic (exact) mass is 247 g/mol. The summed E-state index contributed by atoms with van der Waals surface area (Å²) in [4.78, 5) is 11.0. The summed E-state index contributed by atoms with van der Waals surface area (Å²) < 4.78 is 28.2. The molecule has 0 unspecified atom stereocenters. The summed E-state index contributed by atoms with van der Waals surface area (Å²) in [6.07, 6.45) is 1.36. The van der Waals surface area contributed by atoms with E-state index in [1.807, 2.05) is 0 Å². The molecule has 0 radical (unpaired) electrons. The SMILES string of the molecule is CCS(=O)(=O)CCn1cc(C(=O)OC)nn1. The third-order valence-electron chi connectivity index (χ3n) is 2.00. The molecule has 1 rings (SSSR count). The maximum Gasteiger partial charge on any atom is 0.360 e. The van der Waals surface area contributed by atoms with Crippen molar-refractivity contribution in [2.45, 2.75) is 13.5 Å². The lowest BCUT2D eigenvalue weighted by atomic mass is 10.5. The molecular weight excluding hydrogens is 234 g/mol. The number of aromatic nitrogens is 3. The molecular formula is C8H13N3O4S. The molecule has 0 saturated carbocycles. The van der Waals surface area contributed by atoms with Gasteiger partial charge in [0.2, 0.25) is 0 Å². The van der Waals surface area contributed by atoms with E-state index < -0.39 is 15.8 Å². The van der Waals surface area contributed by atoms with E-state index >= 15 is 0 Å². The predicted octanol–water partition coefficient (Wildman–Crippen LogP) is -0.501. The number of esters is 1. The standard InChI is InChI=1S/C8H13N3O4S/c1-3-16(13,14)5-4-11-6-7(9-10-11)8(12)15-2/h6H,3-5H2,1-2H3. The van der Waals surface area contributed by atoms with Crippen molar-refractivity contribution in [1.82, 2.24) is 15.0 Å². The van der Waals surface area contributed by atoms with E-state index in [2.05, 4.69) is 15.0 Å². The van der Waals surface area contributed by atoms with Crippen LogP contribution in [0.15, 0.2) is 6.20 Å². The average molecular weight is 247 g/mol. The Labute approximate surface area is 93.3 Å². The topological polar surface area (TPSA) is 91.2 Å². The molecule has 0 aliphatic heterocycles. The lowest BCUT2D eigenvalue weighted by Gasteiger charge is -1.99. The van der Waals surface area contributed by atoms with Crippen LogP contribution in [0.3, 0.4) is 0 Å². The average Bonchev–Trinajstić information content (AvgIpc) is 2.74. The number of nitrogens with zero attached hydrogens (tertiary/aromatic N) is 3. The number of rotatable bonds is 5. The Hall–Kier alpha value is -1.44. The molecule has 0 aliphatic rings. The third-order valence-corrected chi connectivity index (χ3v) is 3.69. The Balaban J connectivity index is 2.63. The highest BCUT2D eigenvalue weighted by Crippen LogP contribution is 1.97. The van der Waals surface area contributed by atoms with Gasteiger partial charge < -0.3 is 4.74 Å². The molecule has 8 heteroatoms. The van der Waals surface area contributed by atoms with Gasteiger partial charge in [-0.1, -0.05) is 12.1 Å². The van der Waals surface area contributed by atoms with Crippen molar-refractivity contribution in [3.63, 3.8) is 0 Å². The quantitative estimate of drug-likeness (QED) is 0.651. The highest BCUT2D eigenvalue weighted by molar-refractivity contribution is 7.91. The van der Waals surface area contributed by atoms with Gasteiger partial charge in [-0.05, 0) is 0 Å². The zero-order valence-corrected chi connectivity index (χ0v) is 9.90. The minimum atomic E-state index is -3.04. The highest BCUT2D eigenvalue weighted by atomic mass is 32.2. The second-order valence-corrected chi connectivity index (χ2v) is 5.57. The predicted molar refractivity (Wildman–Crippen MR) is 55.7 cm³/mol. The van der Waals surface area contributed by atoms with E-state index in [9.17, 15) is 13.2 Å². The van der Waals surface area contributed by atoms with Gasteiger partial charge in [0, 0.05) is 5.75 Å². The number of sulfone groups is 1. The molecule has 7 nitrogen and oxygen atoms in total. The summed E-state index contributed by atoms with van der Waals surface area (Å²) in [5.41, 5.74) is 0.0661. The molecule has 0 saturated heterocycles. The summed E-state index contributed by atoms with van der Waals surface area (Å²) in [7, 11) is -1.80. The number of ether oxygens (including phenoxy) is 1. The van der Waals surface area contributed by atoms with Crippen LogP contribution in [-0.2, 0) is 21.1 Å². The summed E-state index contributed by atoms with van der Waals surface area (Å²) in [6, 6.07) is 0. The fourth-order valence-electron chi connectivity index (χ4n) is 0.983. The smallest absolute Gasteiger partial charge is 0.360 e. The van der Waals surface area contributed by atoms with Gasteiger partial charge >= 0.3 is 5.97 Å². The number of carbonyl (C=O) groups is 1. The van der Waals surface area contributed by atoms with Gasteiger partial charge in [-0.3, -0.25) is 4.68 Å². The molecule has 1 heterocycles. The minimum Gasteiger partial charge on any atom is -0.464 e. The van der Waals surface area contributed by atoms with Gasteiger partial charge in [-0.15, -0.1) is 5.10 Å². The molecule has 0 atom stereocenters. The summed E-state index contributed by atoms with van der Waals surface area (Å²) in [6.45, 7) is 1.76. The van der Waals surface area contributed by atoms with E-state index in [4.69, 9.17) is 0 Å². The van der Waals surface area contributed by atoms with E-state index in [0.29, 0.717) is 0 Å². The van der Waals surface area contributed by atoms with Crippen molar-refractivity contribution in [2.75, 3.05) is 18.6 Å². The Morgan fingerprint density at radius 3 is 2.81 bits per heavy atom. The first kappa shape index (κ1) is 12.6. The molecule has 0 bridgehead atoms. The summed E-state index contributed by atoms with van der Waals surface area (Å²) >= 11 is 0. The van der Waals surface area contributed by atoms with Gasteiger partial charge in [0.15, 0.2) is 15.5 Å². The molecule has 90 valence electrons. The van der Waals surface area contributed by atoms with E-state index in [1.54, 1.807) is 6.92 Å². The first-order chi connectivity index (χ1) is 7.48. The second-order valence-electron chi connectivity index (χ2n) is 3.09. The van der Waals surface area contributed by atoms with Crippen molar-refractivity contribution >= 4 is 15.8 Å². The van der Waals surface area contributed by atoms with Gasteiger partial charge in [0.05, 0.1) is 25.6 Å². The zero-order valence-electron chi connectivity index (χ0n) is 9.08. The molecule has 0 amide bonds. The van der Waals surface area contributed by atoms with Crippen molar-refractivity contribution < 1.29 is 17.9 Å².